The third kappa shape index (κ3) is 3.12. The summed E-state index contributed by atoms with van der Waals surface area (Å²) in [7, 11) is 0. The second-order valence-electron chi connectivity index (χ2n) is 5.57. The first-order chi connectivity index (χ1) is 9.13. The first-order valence-corrected chi connectivity index (χ1v) is 7.41. The molecule has 0 saturated carbocycles. The van der Waals surface area contributed by atoms with Crippen LogP contribution in [0.2, 0.25) is 0 Å². The van der Waals surface area contributed by atoms with E-state index in [0.717, 1.165) is 0 Å². The van der Waals surface area contributed by atoms with Gasteiger partial charge in [0.2, 0.25) is 0 Å². The van der Waals surface area contributed by atoms with E-state index in [0.29, 0.717) is 10.6 Å². The molecule has 0 aliphatic rings. The Bertz CT molecular complexity index is 527. The summed E-state index contributed by atoms with van der Waals surface area (Å²) < 4.78 is 0. The van der Waals surface area contributed by atoms with Gasteiger partial charge in [0.15, 0.2) is 0 Å². The highest BCUT2D eigenvalue weighted by Crippen LogP contribution is 2.31. The molecule has 2 N–H and O–H groups in total. The summed E-state index contributed by atoms with van der Waals surface area (Å²) in [6, 6.07) is 3.36. The Hall–Kier alpha value is -1.56. The summed E-state index contributed by atoms with van der Waals surface area (Å²) in [5.74, 6) is -1.28. The molecule has 0 bridgehead atoms. The van der Waals surface area contributed by atoms with Crippen molar-refractivity contribution in [2.75, 3.05) is 6.26 Å². The molecule has 0 fully saturated rings. The van der Waals surface area contributed by atoms with E-state index in [-0.39, 0.29) is 5.91 Å². The molecule has 0 aromatic carbocycles. The van der Waals surface area contributed by atoms with Crippen LogP contribution >= 0.6 is 11.8 Å². The number of rotatable bonds is 5. The lowest BCUT2D eigenvalue weighted by atomic mass is 9.74. The molecule has 1 heterocycles. The van der Waals surface area contributed by atoms with Crippen LogP contribution in [0.4, 0.5) is 0 Å². The fourth-order valence-electron chi connectivity index (χ4n) is 1.50. The Morgan fingerprint density at radius 2 is 1.90 bits per heavy atom. The summed E-state index contributed by atoms with van der Waals surface area (Å²) in [6.07, 6.45) is 3.46. The van der Waals surface area contributed by atoms with Gasteiger partial charge in [-0.05, 0) is 46.1 Å². The van der Waals surface area contributed by atoms with Gasteiger partial charge in [-0.3, -0.25) is 9.59 Å². The third-order valence-electron chi connectivity index (χ3n) is 3.73. The fraction of sp³-hybridized carbons (Fsp3) is 0.500. The van der Waals surface area contributed by atoms with Crippen LogP contribution in [-0.2, 0) is 4.79 Å². The summed E-state index contributed by atoms with van der Waals surface area (Å²) in [4.78, 5) is 27.8. The van der Waals surface area contributed by atoms with Crippen molar-refractivity contribution in [2.24, 2.45) is 5.41 Å². The Morgan fingerprint density at radius 1 is 1.30 bits per heavy atom. The molecule has 20 heavy (non-hydrogen) atoms. The number of hydrogen-bond acceptors (Lipinski definition) is 4. The van der Waals surface area contributed by atoms with Crippen molar-refractivity contribution in [3.63, 3.8) is 0 Å². The molecule has 1 aromatic heterocycles. The normalized spacial score (nSPS) is 12.1. The maximum Gasteiger partial charge on any atom is 0.311 e. The van der Waals surface area contributed by atoms with Gasteiger partial charge in [-0.1, -0.05) is 0 Å². The van der Waals surface area contributed by atoms with Crippen LogP contribution < -0.4 is 5.32 Å². The number of carboxylic acid groups (broad SMARTS) is 1. The van der Waals surface area contributed by atoms with Crippen molar-refractivity contribution in [1.82, 2.24) is 10.3 Å². The number of pyridine rings is 1. The molecule has 0 spiro atoms. The van der Waals surface area contributed by atoms with Crippen molar-refractivity contribution >= 4 is 23.6 Å². The summed E-state index contributed by atoms with van der Waals surface area (Å²) in [5.41, 5.74) is -1.54. The van der Waals surface area contributed by atoms with Gasteiger partial charge in [0.05, 0.1) is 16.5 Å². The first kappa shape index (κ1) is 16.5. The number of carbonyl (C=O) groups is 2. The zero-order valence-corrected chi connectivity index (χ0v) is 13.2. The van der Waals surface area contributed by atoms with E-state index in [9.17, 15) is 14.7 Å². The average Bonchev–Trinajstić information content (AvgIpc) is 2.37. The minimum absolute atomic E-state index is 0.318. The van der Waals surface area contributed by atoms with E-state index in [1.54, 1.807) is 46.0 Å². The minimum atomic E-state index is -1.09. The van der Waals surface area contributed by atoms with E-state index in [2.05, 4.69) is 10.3 Å². The highest BCUT2D eigenvalue weighted by molar-refractivity contribution is 7.98. The van der Waals surface area contributed by atoms with Gasteiger partial charge in [0.1, 0.15) is 5.03 Å². The van der Waals surface area contributed by atoms with Crippen LogP contribution in [0.5, 0.6) is 0 Å². The molecule has 110 valence electrons. The number of carboxylic acids is 1. The molecule has 0 radical (unpaired) electrons. The van der Waals surface area contributed by atoms with Gasteiger partial charge in [0.25, 0.3) is 5.91 Å². The van der Waals surface area contributed by atoms with Crippen LogP contribution in [0.1, 0.15) is 38.1 Å². The first-order valence-electron chi connectivity index (χ1n) is 6.18. The molecular weight excluding hydrogens is 276 g/mol. The van der Waals surface area contributed by atoms with Crippen molar-refractivity contribution in [3.8, 4) is 0 Å². The van der Waals surface area contributed by atoms with Crippen LogP contribution in [-0.4, -0.2) is 33.8 Å². The lowest BCUT2D eigenvalue weighted by Gasteiger charge is -2.38. The lowest BCUT2D eigenvalue weighted by Crippen LogP contribution is -2.57. The van der Waals surface area contributed by atoms with Gasteiger partial charge >= 0.3 is 5.97 Å². The number of nitrogens with one attached hydrogen (secondary N) is 1. The number of amides is 1. The third-order valence-corrected chi connectivity index (χ3v) is 4.44. The van der Waals surface area contributed by atoms with Gasteiger partial charge in [-0.25, -0.2) is 4.98 Å². The molecule has 1 amide bonds. The molecule has 0 aliphatic heterocycles. The number of carbonyl (C=O) groups excluding carboxylic acids is 1. The quantitative estimate of drug-likeness (QED) is 0.816. The second-order valence-corrected chi connectivity index (χ2v) is 6.36. The highest BCUT2D eigenvalue weighted by Gasteiger charge is 2.44. The Balaban J connectivity index is 3.04. The van der Waals surface area contributed by atoms with Crippen molar-refractivity contribution in [3.05, 3.63) is 23.9 Å². The molecule has 1 aromatic rings. The molecule has 0 aliphatic carbocycles. The Morgan fingerprint density at radius 3 is 2.40 bits per heavy atom. The van der Waals surface area contributed by atoms with E-state index in [1.165, 1.54) is 11.8 Å². The number of nitrogens with zero attached hydrogens (tertiary/aromatic N) is 1. The van der Waals surface area contributed by atoms with Crippen molar-refractivity contribution in [1.29, 1.82) is 0 Å². The van der Waals surface area contributed by atoms with Gasteiger partial charge in [0, 0.05) is 6.20 Å². The van der Waals surface area contributed by atoms with Crippen LogP contribution in [0.3, 0.4) is 0 Å². The number of aromatic nitrogens is 1. The molecule has 6 heteroatoms. The monoisotopic (exact) mass is 296 g/mol. The van der Waals surface area contributed by atoms with E-state index in [4.69, 9.17) is 0 Å². The van der Waals surface area contributed by atoms with Crippen LogP contribution in [0.15, 0.2) is 23.4 Å². The topological polar surface area (TPSA) is 79.3 Å². The standard InChI is InChI=1S/C14H20N2O3S/c1-13(2,12(18)19)14(3,4)16-10(17)9-7-6-8-15-11(9)20-5/h6-8H,1-5H3,(H,16,17)(H,18,19). The number of aliphatic carboxylic acids is 1. The fourth-order valence-corrected chi connectivity index (χ4v) is 2.05. The smallest absolute Gasteiger partial charge is 0.311 e. The number of hydrogen-bond donors (Lipinski definition) is 2. The second kappa shape index (κ2) is 5.83. The largest absolute Gasteiger partial charge is 0.481 e. The molecule has 5 nitrogen and oxygen atoms in total. The Labute approximate surface area is 123 Å². The summed E-state index contributed by atoms with van der Waals surface area (Å²) in [6.45, 7) is 6.59. The lowest BCUT2D eigenvalue weighted by molar-refractivity contribution is -0.150. The van der Waals surface area contributed by atoms with Gasteiger partial charge in [-0.2, -0.15) is 0 Å². The predicted molar refractivity (Wildman–Crippen MR) is 79.0 cm³/mol. The summed E-state index contributed by atoms with van der Waals surface area (Å²) in [5, 5.41) is 12.7. The zero-order valence-electron chi connectivity index (χ0n) is 12.4. The maximum absolute atomic E-state index is 12.4. The van der Waals surface area contributed by atoms with Crippen molar-refractivity contribution < 1.29 is 14.7 Å². The molecule has 0 unspecified atom stereocenters. The zero-order chi connectivity index (χ0) is 15.6. The Kier molecular flexibility index (Phi) is 4.81. The van der Waals surface area contributed by atoms with E-state index < -0.39 is 16.9 Å². The molecular formula is C14H20N2O3S. The van der Waals surface area contributed by atoms with Gasteiger partial charge in [-0.15, -0.1) is 11.8 Å². The maximum atomic E-state index is 12.4. The predicted octanol–water partition coefficient (Wildman–Crippen LogP) is 2.42. The minimum Gasteiger partial charge on any atom is -0.481 e. The van der Waals surface area contributed by atoms with Gasteiger partial charge < -0.3 is 10.4 Å². The van der Waals surface area contributed by atoms with Crippen LogP contribution in [0.25, 0.3) is 0 Å². The molecule has 0 saturated heterocycles. The number of thioether (sulfide) groups is 1. The van der Waals surface area contributed by atoms with Crippen LogP contribution in [0, 0.1) is 5.41 Å². The SMILES string of the molecule is CSc1ncccc1C(=O)NC(C)(C)C(C)(C)C(=O)O. The van der Waals surface area contributed by atoms with E-state index >= 15 is 0 Å². The average molecular weight is 296 g/mol. The van der Waals surface area contributed by atoms with Crippen molar-refractivity contribution in [2.45, 2.75) is 38.3 Å². The molecule has 0 atom stereocenters. The highest BCUT2D eigenvalue weighted by atomic mass is 32.2. The van der Waals surface area contributed by atoms with E-state index in [1.807, 2.05) is 6.26 Å². The summed E-state index contributed by atoms with van der Waals surface area (Å²) >= 11 is 1.38. The molecule has 1 rings (SSSR count).